The van der Waals surface area contributed by atoms with Crippen LogP contribution in [0.4, 0.5) is 0 Å². The molecule has 0 N–H and O–H groups in total. The fourth-order valence-corrected chi connectivity index (χ4v) is 3.22. The molecule has 0 spiro atoms. The number of ether oxygens (including phenoxy) is 1. The van der Waals surface area contributed by atoms with Gasteiger partial charge in [0.2, 0.25) is 0 Å². The number of carbonyl (C=O) groups is 1. The topological polar surface area (TPSA) is 39.2 Å². The summed E-state index contributed by atoms with van der Waals surface area (Å²) in [6.45, 7) is 6.11. The highest BCUT2D eigenvalue weighted by atomic mass is 32.1. The molecule has 19 heavy (non-hydrogen) atoms. The molecular formula is C15H17NO2S. The van der Waals surface area contributed by atoms with Crippen molar-refractivity contribution in [2.75, 3.05) is 7.11 Å². The molecular weight excluding hydrogens is 258 g/mol. The summed E-state index contributed by atoms with van der Waals surface area (Å²) < 4.78 is 4.96. The van der Waals surface area contributed by atoms with Crippen LogP contribution in [0.2, 0.25) is 0 Å². The maximum absolute atomic E-state index is 12.1. The summed E-state index contributed by atoms with van der Waals surface area (Å²) in [5.74, 6) is -0.685. The first-order chi connectivity index (χ1) is 9.04. The van der Waals surface area contributed by atoms with Crippen LogP contribution in [-0.2, 0) is 9.53 Å². The number of hydrogen-bond donors (Lipinski definition) is 0. The van der Waals surface area contributed by atoms with E-state index in [0.29, 0.717) is 0 Å². The number of esters is 1. The molecule has 0 aliphatic rings. The average Bonchev–Trinajstić information content (AvgIpc) is 2.86. The summed E-state index contributed by atoms with van der Waals surface area (Å²) >= 11 is 1.48. The van der Waals surface area contributed by atoms with E-state index in [4.69, 9.17) is 4.74 Å². The van der Waals surface area contributed by atoms with Crippen molar-refractivity contribution in [2.24, 2.45) is 0 Å². The van der Waals surface area contributed by atoms with Crippen molar-refractivity contribution >= 4 is 17.3 Å². The van der Waals surface area contributed by atoms with Crippen molar-refractivity contribution < 1.29 is 9.53 Å². The second-order valence-corrected chi connectivity index (χ2v) is 5.57. The minimum atomic E-state index is -0.425. The molecule has 0 bridgehead atoms. The molecule has 0 aliphatic carbocycles. The van der Waals surface area contributed by atoms with Crippen molar-refractivity contribution in [2.45, 2.75) is 26.7 Å². The number of thiazole rings is 1. The van der Waals surface area contributed by atoms with Gasteiger partial charge in [-0.2, -0.15) is 0 Å². The number of carbonyl (C=O) groups excluding carboxylic acids is 1. The second-order valence-electron chi connectivity index (χ2n) is 4.64. The highest BCUT2D eigenvalue weighted by molar-refractivity contribution is 7.09. The van der Waals surface area contributed by atoms with E-state index in [2.05, 4.69) is 24.0 Å². The zero-order valence-electron chi connectivity index (χ0n) is 11.6. The normalized spacial score (nSPS) is 12.2. The Bertz CT molecular complexity index is 567. The fourth-order valence-electron chi connectivity index (χ4n) is 2.48. The van der Waals surface area contributed by atoms with E-state index < -0.39 is 5.92 Å². The van der Waals surface area contributed by atoms with Crippen LogP contribution < -0.4 is 0 Å². The lowest BCUT2D eigenvalue weighted by Gasteiger charge is -2.18. The van der Waals surface area contributed by atoms with Gasteiger partial charge >= 0.3 is 5.97 Å². The third-order valence-electron chi connectivity index (χ3n) is 3.16. The Balaban J connectivity index is 2.60. The molecule has 1 unspecified atom stereocenters. The first-order valence-corrected chi connectivity index (χ1v) is 6.97. The Hall–Kier alpha value is -1.68. The van der Waals surface area contributed by atoms with E-state index in [9.17, 15) is 4.79 Å². The Kier molecular flexibility index (Phi) is 4.00. The molecule has 1 heterocycles. The Morgan fingerprint density at radius 2 is 1.89 bits per heavy atom. The lowest BCUT2D eigenvalue weighted by atomic mass is 9.89. The first kappa shape index (κ1) is 13.7. The predicted molar refractivity (Wildman–Crippen MR) is 76.6 cm³/mol. The molecule has 3 nitrogen and oxygen atoms in total. The number of hydrogen-bond acceptors (Lipinski definition) is 4. The zero-order valence-corrected chi connectivity index (χ0v) is 12.4. The highest BCUT2D eigenvalue weighted by Gasteiger charge is 2.28. The van der Waals surface area contributed by atoms with Gasteiger partial charge in [0.25, 0.3) is 0 Å². The quantitative estimate of drug-likeness (QED) is 0.806. The van der Waals surface area contributed by atoms with E-state index in [1.54, 1.807) is 6.20 Å². The largest absolute Gasteiger partial charge is 0.468 e. The number of nitrogens with zero attached hydrogens (tertiary/aromatic N) is 1. The average molecular weight is 275 g/mol. The van der Waals surface area contributed by atoms with Gasteiger partial charge in [0.1, 0.15) is 10.9 Å². The van der Waals surface area contributed by atoms with E-state index >= 15 is 0 Å². The van der Waals surface area contributed by atoms with E-state index in [0.717, 1.165) is 21.7 Å². The Labute approximate surface area is 117 Å². The van der Waals surface area contributed by atoms with Gasteiger partial charge in [-0.25, -0.2) is 4.98 Å². The number of methoxy groups -OCH3 is 1. The molecule has 1 atom stereocenters. The van der Waals surface area contributed by atoms with Crippen LogP contribution >= 0.6 is 11.3 Å². The molecule has 0 aliphatic heterocycles. The van der Waals surface area contributed by atoms with Crippen LogP contribution in [0.3, 0.4) is 0 Å². The van der Waals surface area contributed by atoms with Gasteiger partial charge in [0.05, 0.1) is 7.11 Å². The van der Waals surface area contributed by atoms with Crippen molar-refractivity contribution in [1.82, 2.24) is 4.98 Å². The van der Waals surface area contributed by atoms with Gasteiger partial charge in [-0.05, 0) is 37.5 Å². The molecule has 0 saturated heterocycles. The van der Waals surface area contributed by atoms with Crippen molar-refractivity contribution in [3.8, 4) is 0 Å². The van der Waals surface area contributed by atoms with Crippen LogP contribution in [0.25, 0.3) is 0 Å². The third-order valence-corrected chi connectivity index (χ3v) is 4.00. The van der Waals surface area contributed by atoms with Crippen LogP contribution in [-0.4, -0.2) is 18.1 Å². The minimum absolute atomic E-state index is 0.259. The molecule has 0 radical (unpaired) electrons. The maximum Gasteiger partial charge on any atom is 0.320 e. The van der Waals surface area contributed by atoms with Crippen LogP contribution in [0, 0.1) is 20.8 Å². The molecule has 0 fully saturated rings. The summed E-state index contributed by atoms with van der Waals surface area (Å²) in [6.07, 6.45) is 1.72. The van der Waals surface area contributed by atoms with Crippen LogP contribution in [0.1, 0.15) is 33.2 Å². The van der Waals surface area contributed by atoms with Gasteiger partial charge in [-0.3, -0.25) is 4.79 Å². The minimum Gasteiger partial charge on any atom is -0.468 e. The smallest absolute Gasteiger partial charge is 0.320 e. The van der Waals surface area contributed by atoms with Crippen LogP contribution in [0.5, 0.6) is 0 Å². The number of aromatic nitrogens is 1. The van der Waals surface area contributed by atoms with E-state index in [-0.39, 0.29) is 5.97 Å². The lowest BCUT2D eigenvalue weighted by molar-refractivity contribution is -0.141. The van der Waals surface area contributed by atoms with E-state index in [1.165, 1.54) is 24.0 Å². The maximum atomic E-state index is 12.1. The van der Waals surface area contributed by atoms with E-state index in [1.807, 2.05) is 19.2 Å². The van der Waals surface area contributed by atoms with Gasteiger partial charge in [-0.1, -0.05) is 17.7 Å². The van der Waals surface area contributed by atoms with Crippen molar-refractivity contribution in [1.29, 1.82) is 0 Å². The van der Waals surface area contributed by atoms with Gasteiger partial charge in [0, 0.05) is 11.6 Å². The molecule has 4 heteroatoms. The van der Waals surface area contributed by atoms with Gasteiger partial charge in [-0.15, -0.1) is 11.3 Å². The highest BCUT2D eigenvalue weighted by Crippen LogP contribution is 2.32. The Morgan fingerprint density at radius 1 is 1.26 bits per heavy atom. The van der Waals surface area contributed by atoms with Gasteiger partial charge < -0.3 is 4.74 Å². The molecule has 0 amide bonds. The lowest BCUT2D eigenvalue weighted by Crippen LogP contribution is -2.18. The summed E-state index contributed by atoms with van der Waals surface area (Å²) in [4.78, 5) is 16.4. The third kappa shape index (κ3) is 2.68. The number of rotatable bonds is 3. The summed E-state index contributed by atoms with van der Waals surface area (Å²) in [7, 11) is 1.42. The SMILES string of the molecule is COC(=O)C(c1nccs1)c1c(C)cc(C)cc1C. The standard InChI is InChI=1S/C15H17NO2S/c1-9-7-10(2)12(11(3)8-9)13(15(17)18-4)14-16-5-6-19-14/h5-8,13H,1-4H3. The van der Waals surface area contributed by atoms with Gasteiger partial charge in [0.15, 0.2) is 0 Å². The molecule has 0 saturated carbocycles. The summed E-state index contributed by atoms with van der Waals surface area (Å²) in [5, 5.41) is 2.66. The summed E-state index contributed by atoms with van der Waals surface area (Å²) in [6, 6.07) is 4.18. The summed E-state index contributed by atoms with van der Waals surface area (Å²) in [5.41, 5.74) is 4.40. The Morgan fingerprint density at radius 3 is 2.37 bits per heavy atom. The first-order valence-electron chi connectivity index (χ1n) is 6.09. The second kappa shape index (κ2) is 5.53. The predicted octanol–water partition coefficient (Wildman–Crippen LogP) is 3.37. The number of benzene rings is 1. The number of aryl methyl sites for hydroxylation is 3. The zero-order chi connectivity index (χ0) is 14.0. The molecule has 100 valence electrons. The molecule has 2 rings (SSSR count). The van der Waals surface area contributed by atoms with Crippen molar-refractivity contribution in [3.05, 3.63) is 51.0 Å². The molecule has 2 aromatic rings. The van der Waals surface area contributed by atoms with Crippen LogP contribution in [0.15, 0.2) is 23.7 Å². The molecule has 1 aromatic heterocycles. The fraction of sp³-hybridized carbons (Fsp3) is 0.333. The van der Waals surface area contributed by atoms with Crippen molar-refractivity contribution in [3.63, 3.8) is 0 Å². The molecule has 1 aromatic carbocycles. The monoisotopic (exact) mass is 275 g/mol.